The molecular weight excluding hydrogens is 204 g/mol. The topological polar surface area (TPSA) is 35.5 Å². The van der Waals surface area contributed by atoms with Crippen molar-refractivity contribution in [1.29, 1.82) is 0 Å². The number of carbonyl (C=O) groups excluding carboxylic acids is 1. The van der Waals surface area contributed by atoms with Gasteiger partial charge in [-0.05, 0) is 12.1 Å². The van der Waals surface area contributed by atoms with Crippen molar-refractivity contribution in [3.05, 3.63) is 49.9 Å². The number of hydrogen-bond donors (Lipinski definition) is 0. The fourth-order valence-electron chi connectivity index (χ4n) is 0.877. The Morgan fingerprint density at radius 3 is 2.44 bits per heavy atom. The highest BCUT2D eigenvalue weighted by atomic mass is 16.6. The Kier molecular flexibility index (Phi) is 8.69. The summed E-state index contributed by atoms with van der Waals surface area (Å²) in [5.74, 6) is 0.337. The number of rotatable bonds is 5. The summed E-state index contributed by atoms with van der Waals surface area (Å²) in [5.41, 5.74) is 0. The van der Waals surface area contributed by atoms with Gasteiger partial charge in [-0.1, -0.05) is 38.6 Å². The predicted octanol–water partition coefficient (Wildman–Crippen LogP) is 2.63. The Labute approximate surface area is 96.7 Å². The number of para-hydroxylation sites is 1. The third kappa shape index (κ3) is 6.65. The highest BCUT2D eigenvalue weighted by Crippen LogP contribution is 2.07. The maximum atomic E-state index is 10.6. The van der Waals surface area contributed by atoms with Crippen LogP contribution in [0.3, 0.4) is 0 Å². The molecule has 1 aromatic rings. The van der Waals surface area contributed by atoms with E-state index in [1.165, 1.54) is 0 Å². The summed E-state index contributed by atoms with van der Waals surface area (Å²) in [4.78, 5) is 10.6. The number of esters is 1. The maximum absolute atomic E-state index is 10.6. The summed E-state index contributed by atoms with van der Waals surface area (Å²) >= 11 is 0. The minimum atomic E-state index is -0.429. The van der Waals surface area contributed by atoms with Crippen LogP contribution in [0.4, 0.5) is 0 Å². The molecule has 0 spiro atoms. The molecule has 0 fully saturated rings. The normalized spacial score (nSPS) is 8.38. The van der Waals surface area contributed by atoms with Crippen molar-refractivity contribution in [2.75, 3.05) is 13.2 Å². The van der Waals surface area contributed by atoms with Crippen LogP contribution in [0.2, 0.25) is 0 Å². The molecule has 0 saturated heterocycles. The first-order valence-electron chi connectivity index (χ1n) is 5.00. The summed E-state index contributed by atoms with van der Waals surface area (Å²) in [6.07, 6.45) is 1.13. The highest BCUT2D eigenvalue weighted by molar-refractivity contribution is 5.81. The first-order valence-corrected chi connectivity index (χ1v) is 5.00. The van der Waals surface area contributed by atoms with E-state index in [1.54, 1.807) is 6.92 Å². The molecule has 1 aromatic carbocycles. The number of benzene rings is 1. The third-order valence-corrected chi connectivity index (χ3v) is 1.51. The Hall–Kier alpha value is -1.77. The van der Waals surface area contributed by atoms with Gasteiger partial charge in [0.2, 0.25) is 0 Å². The van der Waals surface area contributed by atoms with Crippen LogP contribution in [0.1, 0.15) is 6.92 Å². The van der Waals surface area contributed by atoms with E-state index in [0.29, 0.717) is 6.61 Å². The van der Waals surface area contributed by atoms with Crippen molar-refractivity contribution in [2.24, 2.45) is 0 Å². The fourth-order valence-corrected chi connectivity index (χ4v) is 0.877. The lowest BCUT2D eigenvalue weighted by Crippen LogP contribution is -2.09. The van der Waals surface area contributed by atoms with Crippen LogP contribution in [0, 0.1) is 6.92 Å². The molecule has 87 valence electrons. The quantitative estimate of drug-likeness (QED) is 0.435. The first-order chi connectivity index (χ1) is 7.83. The van der Waals surface area contributed by atoms with E-state index in [4.69, 9.17) is 9.47 Å². The summed E-state index contributed by atoms with van der Waals surface area (Å²) in [7, 11) is 0. The highest BCUT2D eigenvalue weighted by Gasteiger charge is 1.95. The lowest BCUT2D eigenvalue weighted by Gasteiger charge is -2.05. The van der Waals surface area contributed by atoms with E-state index in [1.807, 2.05) is 30.3 Å². The molecule has 0 aromatic heterocycles. The molecule has 0 atom stereocenters. The lowest BCUT2D eigenvalue weighted by molar-refractivity contribution is -0.138. The largest absolute Gasteiger partial charge is 0.490 e. The van der Waals surface area contributed by atoms with Crippen LogP contribution in [0.25, 0.3) is 0 Å². The number of carbonyl (C=O) groups is 1. The Bertz CT molecular complexity index is 293. The second kappa shape index (κ2) is 9.77. The van der Waals surface area contributed by atoms with Gasteiger partial charge in [0.15, 0.2) is 0 Å². The Balaban J connectivity index is 0.00000106. The monoisotopic (exact) mass is 221 g/mol. The average molecular weight is 221 g/mol. The lowest BCUT2D eigenvalue weighted by atomic mass is 10.3. The molecule has 3 nitrogen and oxygen atoms in total. The molecule has 0 aliphatic carbocycles. The van der Waals surface area contributed by atoms with Gasteiger partial charge >= 0.3 is 5.97 Å². The Morgan fingerprint density at radius 1 is 1.25 bits per heavy atom. The molecule has 0 aliphatic heterocycles. The van der Waals surface area contributed by atoms with E-state index in [9.17, 15) is 4.79 Å². The molecule has 0 aliphatic rings. The molecule has 0 bridgehead atoms. The van der Waals surface area contributed by atoms with E-state index < -0.39 is 5.97 Å². The van der Waals surface area contributed by atoms with Gasteiger partial charge in [0, 0.05) is 6.08 Å². The molecule has 0 saturated carbocycles. The van der Waals surface area contributed by atoms with Gasteiger partial charge in [0.1, 0.15) is 19.0 Å². The van der Waals surface area contributed by atoms with Crippen molar-refractivity contribution < 1.29 is 14.3 Å². The van der Waals surface area contributed by atoms with E-state index in [-0.39, 0.29) is 6.61 Å². The first kappa shape index (κ1) is 14.2. The Morgan fingerprint density at radius 2 is 1.88 bits per heavy atom. The summed E-state index contributed by atoms with van der Waals surface area (Å²) in [6.45, 7) is 8.87. The van der Waals surface area contributed by atoms with Crippen LogP contribution in [-0.2, 0) is 9.53 Å². The van der Waals surface area contributed by atoms with Gasteiger partial charge in [-0.2, -0.15) is 0 Å². The minimum Gasteiger partial charge on any atom is -0.490 e. The molecule has 0 heterocycles. The maximum Gasteiger partial charge on any atom is 0.330 e. The van der Waals surface area contributed by atoms with Crippen LogP contribution in [0.15, 0.2) is 43.0 Å². The van der Waals surface area contributed by atoms with Crippen molar-refractivity contribution in [2.45, 2.75) is 6.92 Å². The van der Waals surface area contributed by atoms with Crippen LogP contribution in [0.5, 0.6) is 5.75 Å². The van der Waals surface area contributed by atoms with Crippen molar-refractivity contribution in [3.63, 3.8) is 0 Å². The second-order valence-corrected chi connectivity index (χ2v) is 2.53. The zero-order valence-electron chi connectivity index (χ0n) is 9.52. The standard InChI is InChI=1S/C11H12O3.C2H5/c1-2-11(12)14-9-8-13-10-6-4-3-5-7-10;1-2/h2-7H,1,8-9H2;1H2,2H3. The molecule has 1 rings (SSSR count). The summed E-state index contributed by atoms with van der Waals surface area (Å²) in [5, 5.41) is 0. The average Bonchev–Trinajstić information content (AvgIpc) is 2.38. The van der Waals surface area contributed by atoms with Gasteiger partial charge in [-0.15, -0.1) is 0 Å². The summed E-state index contributed by atoms with van der Waals surface area (Å²) < 4.78 is 10.0. The molecule has 0 unspecified atom stereocenters. The minimum absolute atomic E-state index is 0.236. The van der Waals surface area contributed by atoms with Gasteiger partial charge in [-0.25, -0.2) is 4.79 Å². The number of hydrogen-bond acceptors (Lipinski definition) is 3. The smallest absolute Gasteiger partial charge is 0.330 e. The molecule has 16 heavy (non-hydrogen) atoms. The van der Waals surface area contributed by atoms with Crippen LogP contribution < -0.4 is 4.74 Å². The zero-order chi connectivity index (χ0) is 12.2. The SMILES string of the molecule is C=CC(=O)OCCOc1ccccc1.[CH2]C. The van der Waals surface area contributed by atoms with Crippen LogP contribution >= 0.6 is 0 Å². The molecule has 3 heteroatoms. The zero-order valence-corrected chi connectivity index (χ0v) is 9.52. The van der Waals surface area contributed by atoms with E-state index >= 15 is 0 Å². The molecule has 0 N–H and O–H groups in total. The van der Waals surface area contributed by atoms with Gasteiger partial charge in [0.05, 0.1) is 0 Å². The second-order valence-electron chi connectivity index (χ2n) is 2.53. The van der Waals surface area contributed by atoms with Gasteiger partial charge in [-0.3, -0.25) is 0 Å². The van der Waals surface area contributed by atoms with Crippen LogP contribution in [-0.4, -0.2) is 19.2 Å². The van der Waals surface area contributed by atoms with Crippen molar-refractivity contribution >= 4 is 5.97 Å². The summed E-state index contributed by atoms with van der Waals surface area (Å²) in [6, 6.07) is 9.35. The van der Waals surface area contributed by atoms with Gasteiger partial charge < -0.3 is 9.47 Å². The molecule has 0 amide bonds. The predicted molar refractivity (Wildman–Crippen MR) is 64.1 cm³/mol. The molecular formula is C13H17O3. The third-order valence-electron chi connectivity index (χ3n) is 1.51. The fraction of sp³-hybridized carbons (Fsp3) is 0.231. The van der Waals surface area contributed by atoms with E-state index in [2.05, 4.69) is 13.5 Å². The van der Waals surface area contributed by atoms with Crippen molar-refractivity contribution in [1.82, 2.24) is 0 Å². The van der Waals surface area contributed by atoms with Crippen molar-refractivity contribution in [3.8, 4) is 5.75 Å². The number of ether oxygens (including phenoxy) is 2. The van der Waals surface area contributed by atoms with Gasteiger partial charge in [0.25, 0.3) is 0 Å². The van der Waals surface area contributed by atoms with E-state index in [0.717, 1.165) is 11.8 Å². The molecule has 1 radical (unpaired) electrons.